The van der Waals surface area contributed by atoms with E-state index < -0.39 is 5.92 Å². The van der Waals surface area contributed by atoms with E-state index in [0.29, 0.717) is 17.9 Å². The Morgan fingerprint density at radius 3 is 2.39 bits per heavy atom. The zero-order valence-corrected chi connectivity index (χ0v) is 18.1. The number of tetrazole rings is 1. The van der Waals surface area contributed by atoms with E-state index in [4.69, 9.17) is 0 Å². The van der Waals surface area contributed by atoms with Crippen LogP contribution in [0.5, 0.6) is 0 Å². The van der Waals surface area contributed by atoms with E-state index in [0.717, 1.165) is 24.1 Å². The van der Waals surface area contributed by atoms with Gasteiger partial charge in [0.2, 0.25) is 11.8 Å². The van der Waals surface area contributed by atoms with Crippen molar-refractivity contribution in [3.05, 3.63) is 59.9 Å². The number of hydrogen-bond donors (Lipinski definition) is 2. The number of aromatic nitrogens is 4. The average molecular weight is 445 g/mol. The predicted octanol–water partition coefficient (Wildman–Crippen LogP) is 1.85. The summed E-state index contributed by atoms with van der Waals surface area (Å²) in [6.45, 7) is 2.33. The van der Waals surface area contributed by atoms with Crippen LogP contribution in [0, 0.1) is 12.8 Å². The molecule has 5 rings (SSSR count). The van der Waals surface area contributed by atoms with Crippen molar-refractivity contribution in [3.8, 4) is 5.69 Å². The first-order valence-corrected chi connectivity index (χ1v) is 10.9. The minimum Gasteiger partial charge on any atom is -0.346 e. The highest BCUT2D eigenvalue weighted by Gasteiger charge is 2.35. The second kappa shape index (κ2) is 8.45. The van der Waals surface area contributed by atoms with Crippen molar-refractivity contribution in [2.75, 3.05) is 16.8 Å². The molecule has 1 atom stereocenters. The molecule has 0 bridgehead atoms. The summed E-state index contributed by atoms with van der Waals surface area (Å²) in [5, 5.41) is 17.5. The topological polar surface area (TPSA) is 122 Å². The SMILES string of the molecule is Cc1ccc(N2CC(C(=O)Nc3ccc(-n4nnc(C(=O)NC5CC5)n4)cc3)CC2=O)cc1. The van der Waals surface area contributed by atoms with Crippen molar-refractivity contribution in [1.29, 1.82) is 0 Å². The van der Waals surface area contributed by atoms with Gasteiger partial charge in [-0.25, -0.2) is 0 Å². The van der Waals surface area contributed by atoms with Crippen molar-refractivity contribution in [1.82, 2.24) is 25.5 Å². The predicted molar refractivity (Wildman–Crippen MR) is 120 cm³/mol. The fraction of sp³-hybridized carbons (Fsp3) is 0.304. The smallest absolute Gasteiger partial charge is 0.293 e. The number of amides is 3. The van der Waals surface area contributed by atoms with Gasteiger partial charge in [-0.3, -0.25) is 14.4 Å². The third-order valence-corrected chi connectivity index (χ3v) is 5.74. The van der Waals surface area contributed by atoms with Gasteiger partial charge in [0.05, 0.1) is 11.6 Å². The van der Waals surface area contributed by atoms with Crippen LogP contribution in [0.15, 0.2) is 48.5 Å². The fourth-order valence-electron chi connectivity index (χ4n) is 3.67. The van der Waals surface area contributed by atoms with E-state index in [-0.39, 0.29) is 36.0 Å². The Morgan fingerprint density at radius 1 is 1.00 bits per heavy atom. The maximum Gasteiger partial charge on any atom is 0.293 e. The molecule has 3 aromatic rings. The third-order valence-electron chi connectivity index (χ3n) is 5.74. The number of carbonyl (C=O) groups is 3. The average Bonchev–Trinajstić information content (AvgIpc) is 3.32. The van der Waals surface area contributed by atoms with E-state index in [2.05, 4.69) is 26.0 Å². The van der Waals surface area contributed by atoms with Crippen molar-refractivity contribution >= 4 is 29.1 Å². The summed E-state index contributed by atoms with van der Waals surface area (Å²) in [4.78, 5) is 40.1. The van der Waals surface area contributed by atoms with Gasteiger partial charge in [-0.05, 0) is 61.4 Å². The lowest BCUT2D eigenvalue weighted by Gasteiger charge is -2.17. The molecular formula is C23H23N7O3. The van der Waals surface area contributed by atoms with Gasteiger partial charge in [0.25, 0.3) is 11.7 Å². The van der Waals surface area contributed by atoms with E-state index in [1.165, 1.54) is 4.80 Å². The number of benzene rings is 2. The molecule has 1 aliphatic heterocycles. The summed E-state index contributed by atoms with van der Waals surface area (Å²) in [5.74, 6) is -1.01. The minimum absolute atomic E-state index is 0.0170. The van der Waals surface area contributed by atoms with Gasteiger partial charge >= 0.3 is 0 Å². The number of carbonyl (C=O) groups excluding carboxylic acids is 3. The van der Waals surface area contributed by atoms with Crippen molar-refractivity contribution in [2.24, 2.45) is 5.92 Å². The fourth-order valence-corrected chi connectivity index (χ4v) is 3.67. The Kier molecular flexibility index (Phi) is 5.33. The normalized spacial score (nSPS) is 17.8. The largest absolute Gasteiger partial charge is 0.346 e. The molecule has 1 saturated carbocycles. The van der Waals surface area contributed by atoms with Crippen LogP contribution in [-0.2, 0) is 9.59 Å². The van der Waals surface area contributed by atoms with E-state index in [1.54, 1.807) is 29.2 Å². The first-order chi connectivity index (χ1) is 16.0. The monoisotopic (exact) mass is 445 g/mol. The van der Waals surface area contributed by atoms with Crippen LogP contribution < -0.4 is 15.5 Å². The van der Waals surface area contributed by atoms with Crippen molar-refractivity contribution in [2.45, 2.75) is 32.2 Å². The second-order valence-corrected chi connectivity index (χ2v) is 8.43. The summed E-state index contributed by atoms with van der Waals surface area (Å²) in [7, 11) is 0. The van der Waals surface area contributed by atoms with Crippen molar-refractivity contribution < 1.29 is 14.4 Å². The van der Waals surface area contributed by atoms with Crippen LogP contribution in [0.4, 0.5) is 11.4 Å². The highest BCUT2D eigenvalue weighted by molar-refractivity contribution is 6.03. The summed E-state index contributed by atoms with van der Waals surface area (Å²) in [6, 6.07) is 14.8. The standard InChI is InChI=1S/C23H23N7O3/c1-14-2-8-18(9-3-14)29-13-15(12-20(29)31)22(32)24-17-6-10-19(11-7-17)30-27-21(26-28-30)23(33)25-16-4-5-16/h2-3,6-11,15-16H,4-5,12-13H2,1H3,(H,24,32)(H,25,33). The molecule has 0 radical (unpaired) electrons. The lowest BCUT2D eigenvalue weighted by atomic mass is 10.1. The maximum atomic E-state index is 12.7. The Morgan fingerprint density at radius 2 is 1.70 bits per heavy atom. The molecule has 2 aliphatic rings. The molecular weight excluding hydrogens is 422 g/mol. The Labute approximate surface area is 190 Å². The molecule has 33 heavy (non-hydrogen) atoms. The lowest BCUT2D eigenvalue weighted by molar-refractivity contribution is -0.122. The first kappa shape index (κ1) is 20.8. The summed E-state index contributed by atoms with van der Waals surface area (Å²) < 4.78 is 0. The van der Waals surface area contributed by atoms with Crippen molar-refractivity contribution in [3.63, 3.8) is 0 Å². The third kappa shape index (κ3) is 4.59. The number of rotatable bonds is 6. The molecule has 10 heteroatoms. The summed E-state index contributed by atoms with van der Waals surface area (Å²) in [5.41, 5.74) is 3.11. The van der Waals surface area contributed by atoms with Gasteiger partial charge in [0.1, 0.15) is 0 Å². The highest BCUT2D eigenvalue weighted by atomic mass is 16.2. The molecule has 168 valence electrons. The van der Waals surface area contributed by atoms with Crippen LogP contribution in [0.3, 0.4) is 0 Å². The Bertz CT molecular complexity index is 1200. The molecule has 1 saturated heterocycles. The highest BCUT2D eigenvalue weighted by Crippen LogP contribution is 2.26. The number of aryl methyl sites for hydroxylation is 1. The van der Waals surface area contributed by atoms with Gasteiger partial charge in [0.15, 0.2) is 0 Å². The van der Waals surface area contributed by atoms with Crippen LogP contribution in [-0.4, -0.2) is 50.5 Å². The van der Waals surface area contributed by atoms with Gasteiger partial charge in [-0.15, -0.1) is 15.0 Å². The molecule has 1 aromatic heterocycles. The lowest BCUT2D eigenvalue weighted by Crippen LogP contribution is -2.28. The zero-order chi connectivity index (χ0) is 22.9. The van der Waals surface area contributed by atoms with E-state index >= 15 is 0 Å². The molecule has 10 nitrogen and oxygen atoms in total. The molecule has 1 unspecified atom stereocenters. The minimum atomic E-state index is -0.428. The summed E-state index contributed by atoms with van der Waals surface area (Å²) >= 11 is 0. The molecule has 3 amide bonds. The molecule has 2 fully saturated rings. The zero-order valence-electron chi connectivity index (χ0n) is 18.1. The number of nitrogens with one attached hydrogen (secondary N) is 2. The number of nitrogens with zero attached hydrogens (tertiary/aromatic N) is 5. The van der Waals surface area contributed by atoms with Gasteiger partial charge < -0.3 is 15.5 Å². The van der Waals surface area contributed by atoms with Crippen LogP contribution in [0.2, 0.25) is 0 Å². The van der Waals surface area contributed by atoms with Crippen LogP contribution in [0.25, 0.3) is 5.69 Å². The first-order valence-electron chi connectivity index (χ1n) is 10.9. The summed E-state index contributed by atoms with van der Waals surface area (Å²) in [6.07, 6.45) is 2.13. The van der Waals surface area contributed by atoms with Gasteiger partial charge in [-0.2, -0.15) is 0 Å². The maximum absolute atomic E-state index is 12.7. The molecule has 2 heterocycles. The van der Waals surface area contributed by atoms with Crippen LogP contribution in [0.1, 0.15) is 35.4 Å². The second-order valence-electron chi connectivity index (χ2n) is 8.43. The quantitative estimate of drug-likeness (QED) is 0.597. The Hall–Kier alpha value is -4.08. The molecule has 0 spiro atoms. The number of hydrogen-bond acceptors (Lipinski definition) is 6. The Balaban J connectivity index is 1.20. The van der Waals surface area contributed by atoms with E-state index in [9.17, 15) is 14.4 Å². The van der Waals surface area contributed by atoms with Gasteiger partial charge in [0, 0.05) is 30.4 Å². The molecule has 2 N–H and O–H groups in total. The number of anilines is 2. The molecule has 2 aromatic carbocycles. The molecule has 1 aliphatic carbocycles. The van der Waals surface area contributed by atoms with Gasteiger partial charge in [-0.1, -0.05) is 17.7 Å². The van der Waals surface area contributed by atoms with Crippen LogP contribution >= 0.6 is 0 Å². The van der Waals surface area contributed by atoms with E-state index in [1.807, 2.05) is 31.2 Å².